The molecule has 1 aromatic heterocycles. The van der Waals surface area contributed by atoms with Crippen molar-refractivity contribution in [2.75, 3.05) is 7.11 Å². The van der Waals surface area contributed by atoms with Gasteiger partial charge in [-0.25, -0.2) is 0 Å². The average molecular weight is 452 g/mol. The molecule has 0 atom stereocenters. The standard InChI is InChI=1S/C29H25NO4/c1-34-29-17-21(12-16-28(29)33)11-14-24(31)18-25(32)15-13-23-20-30(19-22-7-3-2-4-8-22)27-10-6-5-9-26(23)27/h2-17,20,33H,18-19H2,1H3. The molecule has 1 heterocycles. The number of fused-ring (bicyclic) bond motifs is 1. The highest BCUT2D eigenvalue weighted by Gasteiger charge is 2.09. The highest BCUT2D eigenvalue weighted by atomic mass is 16.5. The second kappa shape index (κ2) is 10.5. The van der Waals surface area contributed by atoms with E-state index in [1.165, 1.54) is 30.9 Å². The first kappa shape index (κ1) is 22.8. The Morgan fingerprint density at radius 2 is 1.62 bits per heavy atom. The van der Waals surface area contributed by atoms with Crippen LogP contribution in [0.5, 0.6) is 11.5 Å². The Kier molecular flexibility index (Phi) is 7.04. The number of ether oxygens (including phenoxy) is 1. The summed E-state index contributed by atoms with van der Waals surface area (Å²) in [5, 5.41) is 10.7. The summed E-state index contributed by atoms with van der Waals surface area (Å²) in [6, 6.07) is 23.0. The molecule has 0 saturated heterocycles. The number of carbonyl (C=O) groups is 2. The molecule has 0 bridgehead atoms. The molecular formula is C29H25NO4. The number of nitrogens with zero attached hydrogens (tertiary/aromatic N) is 1. The lowest BCUT2D eigenvalue weighted by atomic mass is 10.1. The van der Waals surface area contributed by atoms with E-state index in [2.05, 4.69) is 22.8 Å². The van der Waals surface area contributed by atoms with E-state index in [0.29, 0.717) is 11.3 Å². The van der Waals surface area contributed by atoms with E-state index in [9.17, 15) is 14.7 Å². The van der Waals surface area contributed by atoms with Crippen LogP contribution >= 0.6 is 0 Å². The number of aromatic hydroxyl groups is 1. The maximum Gasteiger partial charge on any atom is 0.163 e. The number of carbonyl (C=O) groups excluding carboxylic acids is 2. The van der Waals surface area contributed by atoms with Gasteiger partial charge in [-0.2, -0.15) is 0 Å². The van der Waals surface area contributed by atoms with E-state index >= 15 is 0 Å². The molecule has 5 nitrogen and oxygen atoms in total. The SMILES string of the molecule is COc1cc(C=CC(=O)CC(=O)C=Cc2cn(Cc3ccccc3)c3ccccc23)ccc1O. The number of allylic oxidation sites excluding steroid dienone is 2. The van der Waals surface area contributed by atoms with Gasteiger partial charge in [-0.05, 0) is 47.6 Å². The molecule has 0 radical (unpaired) electrons. The van der Waals surface area contributed by atoms with Gasteiger partial charge >= 0.3 is 0 Å². The molecular weight excluding hydrogens is 426 g/mol. The van der Waals surface area contributed by atoms with Crippen LogP contribution < -0.4 is 4.74 Å². The van der Waals surface area contributed by atoms with E-state index in [0.717, 1.165) is 23.0 Å². The molecule has 4 aromatic rings. The Morgan fingerprint density at radius 1 is 0.912 bits per heavy atom. The summed E-state index contributed by atoms with van der Waals surface area (Å²) < 4.78 is 7.22. The van der Waals surface area contributed by atoms with Crippen molar-refractivity contribution in [1.82, 2.24) is 4.57 Å². The van der Waals surface area contributed by atoms with Crippen molar-refractivity contribution in [3.8, 4) is 11.5 Å². The number of hydrogen-bond acceptors (Lipinski definition) is 4. The number of methoxy groups -OCH3 is 1. The predicted molar refractivity (Wildman–Crippen MR) is 135 cm³/mol. The number of rotatable bonds is 9. The van der Waals surface area contributed by atoms with Gasteiger partial charge in [0.2, 0.25) is 0 Å². The van der Waals surface area contributed by atoms with Crippen molar-refractivity contribution < 1.29 is 19.4 Å². The predicted octanol–water partition coefficient (Wildman–Crippen LogP) is 5.66. The molecule has 0 aliphatic heterocycles. The van der Waals surface area contributed by atoms with E-state index in [1.807, 2.05) is 42.6 Å². The largest absolute Gasteiger partial charge is 0.504 e. The van der Waals surface area contributed by atoms with Gasteiger partial charge in [-0.1, -0.05) is 60.7 Å². The number of hydrogen-bond donors (Lipinski definition) is 1. The van der Waals surface area contributed by atoms with Crippen LogP contribution in [-0.4, -0.2) is 28.3 Å². The van der Waals surface area contributed by atoms with E-state index in [-0.39, 0.29) is 23.7 Å². The maximum absolute atomic E-state index is 12.4. The van der Waals surface area contributed by atoms with Crippen LogP contribution in [0.15, 0.2) is 91.1 Å². The second-order valence-corrected chi connectivity index (χ2v) is 7.92. The third-order valence-electron chi connectivity index (χ3n) is 5.48. The van der Waals surface area contributed by atoms with Crippen LogP contribution in [0, 0.1) is 0 Å². The average Bonchev–Trinajstić information content (AvgIpc) is 3.20. The number of phenolic OH excluding ortho intramolecular Hbond substituents is 1. The first-order chi connectivity index (χ1) is 16.5. The van der Waals surface area contributed by atoms with Crippen LogP contribution in [0.4, 0.5) is 0 Å². The molecule has 0 spiro atoms. The van der Waals surface area contributed by atoms with Crippen molar-refractivity contribution >= 4 is 34.6 Å². The summed E-state index contributed by atoms with van der Waals surface area (Å²) in [4.78, 5) is 24.7. The van der Waals surface area contributed by atoms with Crippen LogP contribution in [0.25, 0.3) is 23.1 Å². The number of para-hydroxylation sites is 1. The zero-order valence-corrected chi connectivity index (χ0v) is 18.8. The van der Waals surface area contributed by atoms with Crippen LogP contribution in [0.3, 0.4) is 0 Å². The minimum absolute atomic E-state index is 0.0245. The molecule has 3 aromatic carbocycles. The fourth-order valence-electron chi connectivity index (χ4n) is 3.78. The number of ketones is 2. The Bertz CT molecular complexity index is 1380. The molecule has 1 N–H and O–H groups in total. The highest BCUT2D eigenvalue weighted by molar-refractivity contribution is 6.11. The summed E-state index contributed by atoms with van der Waals surface area (Å²) in [5.41, 5.74) is 3.90. The first-order valence-corrected chi connectivity index (χ1v) is 10.9. The van der Waals surface area contributed by atoms with Crippen molar-refractivity contribution in [3.63, 3.8) is 0 Å². The zero-order valence-electron chi connectivity index (χ0n) is 18.8. The molecule has 0 aliphatic rings. The Hall–Kier alpha value is -4.38. The van der Waals surface area contributed by atoms with Gasteiger partial charge in [0.25, 0.3) is 0 Å². The van der Waals surface area contributed by atoms with Gasteiger partial charge in [-0.15, -0.1) is 0 Å². The monoisotopic (exact) mass is 451 g/mol. The van der Waals surface area contributed by atoms with Crippen molar-refractivity contribution in [3.05, 3.63) is 108 Å². The van der Waals surface area contributed by atoms with Gasteiger partial charge in [0.15, 0.2) is 23.1 Å². The zero-order chi connectivity index (χ0) is 23.9. The highest BCUT2D eigenvalue weighted by Crippen LogP contribution is 2.27. The molecule has 0 aliphatic carbocycles. The smallest absolute Gasteiger partial charge is 0.163 e. The Morgan fingerprint density at radius 3 is 2.38 bits per heavy atom. The van der Waals surface area contributed by atoms with E-state index in [4.69, 9.17) is 4.74 Å². The molecule has 4 rings (SSSR count). The number of aromatic nitrogens is 1. The van der Waals surface area contributed by atoms with E-state index in [1.54, 1.807) is 24.3 Å². The molecule has 5 heteroatoms. The normalized spacial score (nSPS) is 11.4. The van der Waals surface area contributed by atoms with Gasteiger partial charge < -0.3 is 14.4 Å². The maximum atomic E-state index is 12.4. The minimum Gasteiger partial charge on any atom is -0.504 e. The lowest BCUT2D eigenvalue weighted by molar-refractivity contribution is -0.121. The lowest BCUT2D eigenvalue weighted by Crippen LogP contribution is -2.01. The van der Waals surface area contributed by atoms with Crippen molar-refractivity contribution in [1.29, 1.82) is 0 Å². The number of phenols is 1. The first-order valence-electron chi connectivity index (χ1n) is 10.9. The third-order valence-corrected chi connectivity index (χ3v) is 5.48. The Labute approximate surface area is 198 Å². The summed E-state index contributed by atoms with van der Waals surface area (Å²) >= 11 is 0. The van der Waals surface area contributed by atoms with Crippen LogP contribution in [-0.2, 0) is 16.1 Å². The fraction of sp³-hybridized carbons (Fsp3) is 0.103. The van der Waals surface area contributed by atoms with Gasteiger partial charge in [0.1, 0.15) is 0 Å². The van der Waals surface area contributed by atoms with Crippen LogP contribution in [0.1, 0.15) is 23.1 Å². The topological polar surface area (TPSA) is 68.5 Å². The lowest BCUT2D eigenvalue weighted by Gasteiger charge is -2.05. The van der Waals surface area contributed by atoms with Crippen molar-refractivity contribution in [2.45, 2.75) is 13.0 Å². The summed E-state index contributed by atoms with van der Waals surface area (Å²) in [6.07, 6.45) is 8.01. The third kappa shape index (κ3) is 5.51. The quantitative estimate of drug-likeness (QED) is 0.263. The molecule has 34 heavy (non-hydrogen) atoms. The fourth-order valence-corrected chi connectivity index (χ4v) is 3.78. The van der Waals surface area contributed by atoms with E-state index < -0.39 is 0 Å². The van der Waals surface area contributed by atoms with Gasteiger partial charge in [-0.3, -0.25) is 9.59 Å². The Balaban J connectivity index is 1.44. The molecule has 0 fully saturated rings. The van der Waals surface area contributed by atoms with Gasteiger partial charge in [0, 0.05) is 29.2 Å². The molecule has 0 amide bonds. The summed E-state index contributed by atoms with van der Waals surface area (Å²) in [7, 11) is 1.46. The second-order valence-electron chi connectivity index (χ2n) is 7.92. The van der Waals surface area contributed by atoms with Gasteiger partial charge in [0.05, 0.1) is 13.5 Å². The summed E-state index contributed by atoms with van der Waals surface area (Å²) in [5.74, 6) is -0.220. The molecule has 0 saturated carbocycles. The summed E-state index contributed by atoms with van der Waals surface area (Å²) in [6.45, 7) is 0.731. The molecule has 170 valence electrons. The van der Waals surface area contributed by atoms with Crippen molar-refractivity contribution in [2.24, 2.45) is 0 Å². The minimum atomic E-state index is -0.298. The van der Waals surface area contributed by atoms with Crippen LogP contribution in [0.2, 0.25) is 0 Å². The number of benzene rings is 3. The molecule has 0 unspecified atom stereocenters.